The number of anilines is 1. The molecule has 0 radical (unpaired) electrons. The second-order valence-electron chi connectivity index (χ2n) is 7.32. The number of benzene rings is 1. The molecule has 1 aromatic carbocycles. The lowest BCUT2D eigenvalue weighted by Gasteiger charge is -2.28. The van der Waals surface area contributed by atoms with E-state index in [2.05, 4.69) is 37.4 Å². The second kappa shape index (κ2) is 8.52. The Morgan fingerprint density at radius 2 is 1.70 bits per heavy atom. The molecule has 0 unspecified atom stereocenters. The zero-order valence-electron chi connectivity index (χ0n) is 15.7. The Labute approximate surface area is 159 Å². The maximum atomic E-state index is 12.2. The van der Waals surface area contributed by atoms with E-state index in [0.29, 0.717) is 12.4 Å². The molecule has 27 heavy (non-hydrogen) atoms. The molecule has 1 aromatic heterocycles. The van der Waals surface area contributed by atoms with Crippen molar-refractivity contribution in [1.82, 2.24) is 20.4 Å². The van der Waals surface area contributed by atoms with Gasteiger partial charge in [-0.15, -0.1) is 0 Å². The zero-order valence-corrected chi connectivity index (χ0v) is 15.7. The van der Waals surface area contributed by atoms with E-state index in [-0.39, 0.29) is 11.8 Å². The van der Waals surface area contributed by atoms with Crippen molar-refractivity contribution in [3.8, 4) is 11.4 Å². The molecular weight excluding hydrogens is 342 g/mol. The van der Waals surface area contributed by atoms with Gasteiger partial charge >= 0.3 is 11.8 Å². The number of hydrogen-bond acceptors (Lipinski definition) is 6. The smallest absolute Gasteiger partial charge is 0.316 e. The van der Waals surface area contributed by atoms with Crippen LogP contribution in [0, 0.1) is 0 Å². The van der Waals surface area contributed by atoms with Gasteiger partial charge in [0.25, 0.3) is 0 Å². The number of hydrogen-bond donors (Lipinski definition) is 1. The number of amides is 1. The number of aromatic nitrogens is 2. The quantitative estimate of drug-likeness (QED) is 0.843. The van der Waals surface area contributed by atoms with Gasteiger partial charge in [-0.2, -0.15) is 4.98 Å². The first-order valence-corrected chi connectivity index (χ1v) is 9.99. The summed E-state index contributed by atoms with van der Waals surface area (Å²) in [5.74, 6) is 0.161. The summed E-state index contributed by atoms with van der Waals surface area (Å²) in [6, 6.07) is 8.16. The van der Waals surface area contributed by atoms with Crippen molar-refractivity contribution in [3.05, 3.63) is 30.2 Å². The predicted octanol–water partition coefficient (Wildman–Crippen LogP) is 2.55. The average Bonchev–Trinajstić information content (AvgIpc) is 3.41. The lowest BCUT2D eigenvalue weighted by atomic mass is 10.1. The molecular formula is C20H27N5O2. The van der Waals surface area contributed by atoms with E-state index in [1.54, 1.807) is 0 Å². The van der Waals surface area contributed by atoms with Gasteiger partial charge in [0.15, 0.2) is 0 Å². The Hall–Kier alpha value is -2.41. The van der Waals surface area contributed by atoms with E-state index in [4.69, 9.17) is 4.52 Å². The minimum atomic E-state index is -0.308. The van der Waals surface area contributed by atoms with E-state index in [0.717, 1.165) is 38.3 Å². The summed E-state index contributed by atoms with van der Waals surface area (Å²) in [7, 11) is 0. The summed E-state index contributed by atoms with van der Waals surface area (Å²) in [5, 5.41) is 6.82. The first-order chi connectivity index (χ1) is 13.3. The second-order valence-corrected chi connectivity index (χ2v) is 7.32. The largest absolute Gasteiger partial charge is 0.372 e. The summed E-state index contributed by atoms with van der Waals surface area (Å²) in [6.45, 7) is 5.93. The van der Waals surface area contributed by atoms with Gasteiger partial charge in [-0.1, -0.05) is 5.16 Å². The third-order valence-corrected chi connectivity index (χ3v) is 5.38. The summed E-state index contributed by atoms with van der Waals surface area (Å²) >= 11 is 0. The van der Waals surface area contributed by atoms with Crippen LogP contribution in [-0.2, 0) is 0 Å². The number of likely N-dealkylation sites (tertiary alicyclic amines) is 1. The van der Waals surface area contributed by atoms with Crippen LogP contribution in [0.5, 0.6) is 0 Å². The Morgan fingerprint density at radius 3 is 2.44 bits per heavy atom. The van der Waals surface area contributed by atoms with Gasteiger partial charge in [0, 0.05) is 37.4 Å². The van der Waals surface area contributed by atoms with Crippen LogP contribution in [0.25, 0.3) is 11.4 Å². The fourth-order valence-corrected chi connectivity index (χ4v) is 3.82. The number of carbonyl (C=O) groups excluding carboxylic acids is 1. The first-order valence-electron chi connectivity index (χ1n) is 9.99. The predicted molar refractivity (Wildman–Crippen MR) is 104 cm³/mol. The van der Waals surface area contributed by atoms with Gasteiger partial charge in [-0.25, -0.2) is 0 Å². The maximum absolute atomic E-state index is 12.2. The van der Waals surface area contributed by atoms with Crippen molar-refractivity contribution in [2.24, 2.45) is 0 Å². The van der Waals surface area contributed by atoms with Crippen molar-refractivity contribution < 1.29 is 9.32 Å². The Kier molecular flexibility index (Phi) is 5.67. The van der Waals surface area contributed by atoms with Crippen LogP contribution in [0.4, 0.5) is 5.69 Å². The van der Waals surface area contributed by atoms with Crippen molar-refractivity contribution in [2.75, 3.05) is 44.2 Å². The third-order valence-electron chi connectivity index (χ3n) is 5.38. The summed E-state index contributed by atoms with van der Waals surface area (Å²) in [5.41, 5.74) is 2.08. The molecule has 2 saturated heterocycles. The highest BCUT2D eigenvalue weighted by Gasteiger charge is 2.17. The highest BCUT2D eigenvalue weighted by Crippen LogP contribution is 2.23. The fraction of sp³-hybridized carbons (Fsp3) is 0.550. The number of carbonyl (C=O) groups is 1. The molecule has 0 spiro atoms. The molecule has 7 nitrogen and oxygen atoms in total. The minimum absolute atomic E-state index is 0.0199. The van der Waals surface area contributed by atoms with Gasteiger partial charge in [0.05, 0.1) is 0 Å². The van der Waals surface area contributed by atoms with Gasteiger partial charge in [-0.05, 0) is 69.5 Å². The molecule has 0 aliphatic carbocycles. The Bertz CT molecular complexity index is 746. The molecule has 1 N–H and O–H groups in total. The summed E-state index contributed by atoms with van der Waals surface area (Å²) in [4.78, 5) is 21.2. The lowest BCUT2D eigenvalue weighted by molar-refractivity contribution is 0.0906. The van der Waals surface area contributed by atoms with E-state index in [1.165, 1.54) is 37.8 Å². The molecule has 1 amide bonds. The molecule has 7 heteroatoms. The van der Waals surface area contributed by atoms with Crippen molar-refractivity contribution >= 4 is 11.6 Å². The number of nitrogens with zero attached hydrogens (tertiary/aromatic N) is 4. The van der Waals surface area contributed by atoms with E-state index < -0.39 is 0 Å². The molecule has 4 rings (SSSR count). The first kappa shape index (κ1) is 18.0. The van der Waals surface area contributed by atoms with Gasteiger partial charge < -0.3 is 19.6 Å². The molecule has 2 aliphatic heterocycles. The lowest BCUT2D eigenvalue weighted by Crippen LogP contribution is -2.33. The van der Waals surface area contributed by atoms with Crippen LogP contribution in [0.15, 0.2) is 28.8 Å². The number of nitrogens with one attached hydrogen (secondary N) is 1. The SMILES string of the molecule is O=C(NCCN1CCCC1)c1nc(-c2ccc(N3CCCCC3)cc2)no1. The monoisotopic (exact) mass is 369 g/mol. The molecule has 3 heterocycles. The summed E-state index contributed by atoms with van der Waals surface area (Å²) < 4.78 is 5.15. The van der Waals surface area contributed by atoms with Crippen LogP contribution in [0.3, 0.4) is 0 Å². The molecule has 2 aliphatic rings. The third kappa shape index (κ3) is 4.47. The maximum Gasteiger partial charge on any atom is 0.316 e. The van der Waals surface area contributed by atoms with Crippen LogP contribution in [0.2, 0.25) is 0 Å². The fourth-order valence-electron chi connectivity index (χ4n) is 3.82. The average molecular weight is 369 g/mol. The number of rotatable bonds is 6. The highest BCUT2D eigenvalue weighted by atomic mass is 16.5. The Balaban J connectivity index is 1.33. The van der Waals surface area contributed by atoms with Crippen molar-refractivity contribution in [2.45, 2.75) is 32.1 Å². The van der Waals surface area contributed by atoms with Crippen LogP contribution < -0.4 is 10.2 Å². The summed E-state index contributed by atoms with van der Waals surface area (Å²) in [6.07, 6.45) is 6.32. The van der Waals surface area contributed by atoms with Gasteiger partial charge in [0.1, 0.15) is 0 Å². The molecule has 2 aromatic rings. The van der Waals surface area contributed by atoms with E-state index in [9.17, 15) is 4.79 Å². The standard InChI is InChI=1S/C20H27N5O2/c26-19(21-10-15-24-11-4-5-12-24)20-22-18(23-27-20)16-6-8-17(9-7-16)25-13-2-1-3-14-25/h6-9H,1-5,10-15H2,(H,21,26). The molecule has 0 atom stereocenters. The number of piperidine rings is 1. The van der Waals surface area contributed by atoms with E-state index in [1.807, 2.05) is 12.1 Å². The van der Waals surface area contributed by atoms with Gasteiger partial charge in [-0.3, -0.25) is 4.79 Å². The zero-order chi connectivity index (χ0) is 18.5. The van der Waals surface area contributed by atoms with Crippen LogP contribution >= 0.6 is 0 Å². The highest BCUT2D eigenvalue weighted by molar-refractivity contribution is 5.89. The topological polar surface area (TPSA) is 74.5 Å². The van der Waals surface area contributed by atoms with E-state index >= 15 is 0 Å². The van der Waals surface area contributed by atoms with Crippen molar-refractivity contribution in [1.29, 1.82) is 0 Å². The van der Waals surface area contributed by atoms with Crippen LogP contribution in [0.1, 0.15) is 42.8 Å². The minimum Gasteiger partial charge on any atom is -0.372 e. The molecule has 0 bridgehead atoms. The normalized spacial score (nSPS) is 18.0. The van der Waals surface area contributed by atoms with Crippen LogP contribution in [-0.4, -0.2) is 60.2 Å². The molecule has 0 saturated carbocycles. The van der Waals surface area contributed by atoms with Crippen molar-refractivity contribution in [3.63, 3.8) is 0 Å². The Morgan fingerprint density at radius 1 is 1.00 bits per heavy atom. The molecule has 2 fully saturated rings. The van der Waals surface area contributed by atoms with Gasteiger partial charge in [0.2, 0.25) is 5.82 Å². The molecule has 144 valence electrons.